The van der Waals surface area contributed by atoms with E-state index in [9.17, 15) is 23.1 Å². The van der Waals surface area contributed by atoms with E-state index in [1.165, 1.54) is 28.5 Å². The molecule has 11 heteroatoms. The van der Waals surface area contributed by atoms with Gasteiger partial charge in [-0.2, -0.15) is 13.2 Å². The molecule has 0 amide bonds. The molecule has 4 aromatic heterocycles. The molecule has 1 aliphatic carbocycles. The zero-order valence-electron chi connectivity index (χ0n) is 18.3. The predicted molar refractivity (Wildman–Crippen MR) is 124 cm³/mol. The fourth-order valence-electron chi connectivity index (χ4n) is 4.28. The number of phenols is 1. The first-order valence-corrected chi connectivity index (χ1v) is 11.6. The molecule has 1 aliphatic rings. The van der Waals surface area contributed by atoms with Crippen LogP contribution in [0.3, 0.4) is 0 Å². The van der Waals surface area contributed by atoms with Crippen LogP contribution < -0.4 is 5.56 Å². The Hall–Kier alpha value is -3.73. The van der Waals surface area contributed by atoms with Gasteiger partial charge in [-0.05, 0) is 42.9 Å². The maximum absolute atomic E-state index is 13.8. The minimum Gasteiger partial charge on any atom is -0.506 e. The summed E-state index contributed by atoms with van der Waals surface area (Å²) >= 11 is 1.17. The smallest absolute Gasteiger partial charge is 0.433 e. The number of pyridine rings is 1. The van der Waals surface area contributed by atoms with Crippen molar-refractivity contribution in [1.29, 1.82) is 0 Å². The van der Waals surface area contributed by atoms with E-state index >= 15 is 0 Å². The summed E-state index contributed by atoms with van der Waals surface area (Å²) in [5.74, 6) is 0.600. The summed E-state index contributed by atoms with van der Waals surface area (Å²) in [5, 5.41) is 11.5. The number of phenolic OH excluding ortho intramolecular Hbond substituents is 1. The first-order chi connectivity index (χ1) is 16.7. The van der Waals surface area contributed by atoms with Gasteiger partial charge in [0.15, 0.2) is 6.39 Å². The van der Waals surface area contributed by atoms with E-state index in [1.807, 2.05) is 0 Å². The molecule has 0 radical (unpaired) electrons. The molecule has 0 unspecified atom stereocenters. The highest BCUT2D eigenvalue weighted by molar-refractivity contribution is 7.25. The molecule has 0 atom stereocenters. The van der Waals surface area contributed by atoms with Crippen molar-refractivity contribution in [2.24, 2.45) is 0 Å². The molecule has 35 heavy (non-hydrogen) atoms. The van der Waals surface area contributed by atoms with Gasteiger partial charge in [-0.1, -0.05) is 12.1 Å². The predicted octanol–water partition coefficient (Wildman–Crippen LogP) is 5.62. The van der Waals surface area contributed by atoms with Crippen molar-refractivity contribution >= 4 is 31.6 Å². The minimum absolute atomic E-state index is 0.0164. The minimum atomic E-state index is -4.58. The summed E-state index contributed by atoms with van der Waals surface area (Å²) in [6.45, 7) is 1.74. The van der Waals surface area contributed by atoms with Crippen molar-refractivity contribution < 1.29 is 22.7 Å². The number of oxazole rings is 1. The van der Waals surface area contributed by atoms with Crippen LogP contribution in [0.1, 0.15) is 41.3 Å². The second-order valence-corrected chi connectivity index (χ2v) is 9.61. The zero-order chi connectivity index (χ0) is 24.5. The second-order valence-electron chi connectivity index (χ2n) is 8.61. The summed E-state index contributed by atoms with van der Waals surface area (Å²) in [4.78, 5) is 26.5. The molecule has 5 aromatic rings. The molecule has 1 aromatic carbocycles. The van der Waals surface area contributed by atoms with Crippen LogP contribution in [0.5, 0.6) is 5.75 Å². The maximum atomic E-state index is 13.8. The van der Waals surface area contributed by atoms with E-state index in [-0.39, 0.29) is 24.0 Å². The van der Waals surface area contributed by atoms with E-state index in [2.05, 4.69) is 9.97 Å². The van der Waals surface area contributed by atoms with Crippen LogP contribution in [-0.4, -0.2) is 24.6 Å². The Bertz CT molecular complexity index is 1670. The van der Waals surface area contributed by atoms with Crippen molar-refractivity contribution in [2.45, 2.75) is 38.4 Å². The Balaban J connectivity index is 1.67. The molecule has 1 fully saturated rings. The van der Waals surface area contributed by atoms with Gasteiger partial charge in [0, 0.05) is 17.1 Å². The number of halogens is 3. The number of aromatic hydroxyl groups is 1. The van der Waals surface area contributed by atoms with E-state index in [0.29, 0.717) is 42.8 Å². The lowest BCUT2D eigenvalue weighted by molar-refractivity contribution is -0.141. The fourth-order valence-corrected chi connectivity index (χ4v) is 5.44. The maximum Gasteiger partial charge on any atom is 0.433 e. The number of fused-ring (bicyclic) bond motifs is 3. The first kappa shape index (κ1) is 21.8. The third-order valence-electron chi connectivity index (χ3n) is 6.22. The average molecular weight is 498 g/mol. The quantitative estimate of drug-likeness (QED) is 0.346. The number of alkyl halides is 3. The Morgan fingerprint density at radius 3 is 2.74 bits per heavy atom. The standard InChI is InChI=1S/C24H17F3N4O3S/c1-11-2-5-14-18-22(35-20(14)19(11)32)30-21(31(23(18)33)9-13-7-28-10-34-13)16-8-29-17(24(25,26)27)6-15(16)12-3-4-12/h2,5-8,10,12,32H,3-4,9H2,1H3. The van der Waals surface area contributed by atoms with Crippen molar-refractivity contribution in [3.63, 3.8) is 0 Å². The van der Waals surface area contributed by atoms with Gasteiger partial charge in [0.2, 0.25) is 0 Å². The summed E-state index contributed by atoms with van der Waals surface area (Å²) < 4.78 is 47.5. The lowest BCUT2D eigenvalue weighted by Crippen LogP contribution is -2.24. The van der Waals surface area contributed by atoms with Gasteiger partial charge in [-0.15, -0.1) is 11.3 Å². The Morgan fingerprint density at radius 1 is 1.26 bits per heavy atom. The summed E-state index contributed by atoms with van der Waals surface area (Å²) in [7, 11) is 0. The van der Waals surface area contributed by atoms with Crippen LogP contribution in [0.2, 0.25) is 0 Å². The monoisotopic (exact) mass is 498 g/mol. The average Bonchev–Trinajstić information content (AvgIpc) is 3.40. The fraction of sp³-hybridized carbons (Fsp3) is 0.250. The highest BCUT2D eigenvalue weighted by atomic mass is 32.1. The molecule has 0 bridgehead atoms. The van der Waals surface area contributed by atoms with E-state index < -0.39 is 17.4 Å². The van der Waals surface area contributed by atoms with Crippen LogP contribution in [0.15, 0.2) is 46.2 Å². The van der Waals surface area contributed by atoms with Crippen molar-refractivity contribution in [3.8, 4) is 17.1 Å². The number of thiophene rings is 1. The summed E-state index contributed by atoms with van der Waals surface area (Å²) in [6, 6.07) is 4.55. The van der Waals surface area contributed by atoms with Gasteiger partial charge in [0.05, 0.1) is 22.8 Å². The topological polar surface area (TPSA) is 94.0 Å². The number of benzene rings is 1. The normalized spacial score (nSPS) is 14.3. The van der Waals surface area contributed by atoms with E-state index in [4.69, 9.17) is 9.40 Å². The highest BCUT2D eigenvalue weighted by Crippen LogP contribution is 2.46. The second kappa shape index (κ2) is 7.64. The van der Waals surface area contributed by atoms with Crippen LogP contribution in [-0.2, 0) is 12.7 Å². The molecule has 1 N–H and O–H groups in total. The molecule has 178 valence electrons. The van der Waals surface area contributed by atoms with Crippen LogP contribution in [0, 0.1) is 6.92 Å². The third-order valence-corrected chi connectivity index (χ3v) is 7.33. The van der Waals surface area contributed by atoms with Gasteiger partial charge in [0.25, 0.3) is 5.56 Å². The Kier molecular flexibility index (Phi) is 4.75. The number of hydrogen-bond donors (Lipinski definition) is 1. The molecule has 0 aliphatic heterocycles. The lowest BCUT2D eigenvalue weighted by Gasteiger charge is -2.16. The van der Waals surface area contributed by atoms with E-state index in [1.54, 1.807) is 19.1 Å². The number of rotatable bonds is 4. The van der Waals surface area contributed by atoms with Crippen LogP contribution in [0.25, 0.3) is 31.7 Å². The van der Waals surface area contributed by atoms with Gasteiger partial charge in [-0.3, -0.25) is 14.3 Å². The largest absolute Gasteiger partial charge is 0.506 e. The van der Waals surface area contributed by atoms with Gasteiger partial charge < -0.3 is 9.52 Å². The van der Waals surface area contributed by atoms with Crippen molar-refractivity contribution in [1.82, 2.24) is 19.5 Å². The van der Waals surface area contributed by atoms with Crippen LogP contribution in [0.4, 0.5) is 13.2 Å². The molecular weight excluding hydrogens is 481 g/mol. The van der Waals surface area contributed by atoms with Crippen molar-refractivity contribution in [2.75, 3.05) is 0 Å². The Labute approximate surface area is 199 Å². The highest BCUT2D eigenvalue weighted by Gasteiger charge is 2.36. The number of aromatic nitrogens is 4. The van der Waals surface area contributed by atoms with Crippen LogP contribution >= 0.6 is 11.3 Å². The Morgan fingerprint density at radius 2 is 2.06 bits per heavy atom. The molecule has 1 saturated carbocycles. The molecule has 6 rings (SSSR count). The molecule has 0 spiro atoms. The third kappa shape index (κ3) is 3.57. The van der Waals surface area contributed by atoms with Gasteiger partial charge >= 0.3 is 6.18 Å². The number of hydrogen-bond acceptors (Lipinski definition) is 7. The van der Waals surface area contributed by atoms with Gasteiger partial charge in [0.1, 0.15) is 27.9 Å². The number of aryl methyl sites for hydroxylation is 1. The molecule has 7 nitrogen and oxygen atoms in total. The van der Waals surface area contributed by atoms with Gasteiger partial charge in [-0.25, -0.2) is 9.97 Å². The molecule has 4 heterocycles. The first-order valence-electron chi connectivity index (χ1n) is 10.8. The van der Waals surface area contributed by atoms with Crippen molar-refractivity contribution in [3.05, 3.63) is 69.9 Å². The summed E-state index contributed by atoms with van der Waals surface area (Å²) in [5.41, 5.74) is 0.129. The number of nitrogens with zero attached hydrogens (tertiary/aromatic N) is 4. The molecule has 0 saturated heterocycles. The van der Waals surface area contributed by atoms with E-state index in [0.717, 1.165) is 25.1 Å². The molecular formula is C24H17F3N4O3S. The lowest BCUT2D eigenvalue weighted by atomic mass is 10.0. The SMILES string of the molecule is Cc1ccc2c(sc3nc(-c4cnc(C(F)(F)F)cc4C4CC4)n(Cc4cnco4)c(=O)c32)c1O. The summed E-state index contributed by atoms with van der Waals surface area (Å²) in [6.07, 6.45) is 0.768. The zero-order valence-corrected chi connectivity index (χ0v) is 19.1.